The van der Waals surface area contributed by atoms with Crippen LogP contribution in [0.4, 0.5) is 0 Å². The smallest absolute Gasteiger partial charge is 0.336 e. The molecule has 1 saturated heterocycles. The predicted octanol–water partition coefficient (Wildman–Crippen LogP) is 2.99. The Hall–Kier alpha value is -1.13. The van der Waals surface area contributed by atoms with E-state index in [1.807, 2.05) is 6.08 Å². The standard InChI is InChI=1S/C20H30O4/c1-12-5-8-16-19(2,3)17(22)9-10-20(16,4)14(12)7-6-13-15(21)11-24-18(13)23/h6,14-17,21-22H,1,5,7-11H2,2-4H3/b13-6+/t14-,15-,16-,17-,20+/m1/s1. The molecule has 3 aliphatic rings. The minimum Gasteiger partial charge on any atom is -0.459 e. The Labute approximate surface area is 144 Å². The lowest BCUT2D eigenvalue weighted by Crippen LogP contribution is -2.54. The molecule has 0 aromatic heterocycles. The molecule has 3 fully saturated rings. The SMILES string of the molecule is C=C1CC[C@@H]2C(C)(C)[C@H](O)CC[C@@]2(C)[C@@H]1C/C=C1/C(=O)OC[C@H]1O. The summed E-state index contributed by atoms with van der Waals surface area (Å²) in [6.45, 7) is 11.1. The Balaban J connectivity index is 1.87. The van der Waals surface area contributed by atoms with Gasteiger partial charge in [0.1, 0.15) is 12.7 Å². The Morgan fingerprint density at radius 1 is 1.29 bits per heavy atom. The summed E-state index contributed by atoms with van der Waals surface area (Å²) in [5.74, 6) is 0.309. The van der Waals surface area contributed by atoms with E-state index in [0.29, 0.717) is 17.9 Å². The average Bonchev–Trinajstić information content (AvgIpc) is 2.82. The van der Waals surface area contributed by atoms with Crippen molar-refractivity contribution in [2.24, 2.45) is 22.7 Å². The van der Waals surface area contributed by atoms with Crippen molar-refractivity contribution in [3.05, 3.63) is 23.8 Å². The highest BCUT2D eigenvalue weighted by Crippen LogP contribution is 2.61. The van der Waals surface area contributed by atoms with Crippen LogP contribution in [0.2, 0.25) is 0 Å². The van der Waals surface area contributed by atoms with Gasteiger partial charge in [0.05, 0.1) is 11.7 Å². The number of hydrogen-bond donors (Lipinski definition) is 2. The normalized spacial score (nSPS) is 43.6. The third-order valence-corrected chi connectivity index (χ3v) is 7.09. The molecule has 2 N–H and O–H groups in total. The molecule has 0 radical (unpaired) electrons. The van der Waals surface area contributed by atoms with Gasteiger partial charge in [0.15, 0.2) is 0 Å². The van der Waals surface area contributed by atoms with Gasteiger partial charge < -0.3 is 14.9 Å². The number of carbonyl (C=O) groups excluding carboxylic acids is 1. The monoisotopic (exact) mass is 334 g/mol. The van der Waals surface area contributed by atoms with E-state index in [0.717, 1.165) is 25.7 Å². The highest BCUT2D eigenvalue weighted by atomic mass is 16.6. The zero-order chi connectivity index (χ0) is 17.7. The summed E-state index contributed by atoms with van der Waals surface area (Å²) in [6, 6.07) is 0. The van der Waals surface area contributed by atoms with Crippen molar-refractivity contribution in [2.75, 3.05) is 6.61 Å². The summed E-state index contributed by atoms with van der Waals surface area (Å²) in [5, 5.41) is 20.4. The van der Waals surface area contributed by atoms with Crippen LogP contribution in [0.1, 0.15) is 52.9 Å². The molecule has 0 amide bonds. The van der Waals surface area contributed by atoms with Gasteiger partial charge in [-0.15, -0.1) is 0 Å². The lowest BCUT2D eigenvalue weighted by Gasteiger charge is -2.59. The molecule has 1 heterocycles. The lowest BCUT2D eigenvalue weighted by molar-refractivity contribution is -0.135. The van der Waals surface area contributed by atoms with Crippen molar-refractivity contribution in [2.45, 2.75) is 65.1 Å². The van der Waals surface area contributed by atoms with Gasteiger partial charge in [-0.05, 0) is 54.8 Å². The molecule has 0 aromatic rings. The van der Waals surface area contributed by atoms with Crippen molar-refractivity contribution < 1.29 is 19.7 Å². The van der Waals surface area contributed by atoms with Crippen LogP contribution >= 0.6 is 0 Å². The number of aliphatic hydroxyl groups is 2. The first kappa shape index (κ1) is 17.7. The molecule has 0 unspecified atom stereocenters. The number of fused-ring (bicyclic) bond motifs is 1. The van der Waals surface area contributed by atoms with Crippen molar-refractivity contribution in [1.29, 1.82) is 0 Å². The van der Waals surface area contributed by atoms with E-state index in [1.165, 1.54) is 5.57 Å². The van der Waals surface area contributed by atoms with Crippen LogP contribution in [-0.4, -0.2) is 35.0 Å². The number of ether oxygens (including phenoxy) is 1. The van der Waals surface area contributed by atoms with Gasteiger partial charge in [-0.1, -0.05) is 39.0 Å². The van der Waals surface area contributed by atoms with Gasteiger partial charge >= 0.3 is 5.97 Å². The molecule has 4 nitrogen and oxygen atoms in total. The first-order chi connectivity index (χ1) is 11.2. The summed E-state index contributed by atoms with van der Waals surface area (Å²) in [6.07, 6.45) is 5.33. The van der Waals surface area contributed by atoms with Crippen LogP contribution < -0.4 is 0 Å². The first-order valence-electron chi connectivity index (χ1n) is 9.09. The van der Waals surface area contributed by atoms with E-state index in [1.54, 1.807) is 0 Å². The van der Waals surface area contributed by atoms with E-state index in [2.05, 4.69) is 27.4 Å². The molecule has 0 bridgehead atoms. The van der Waals surface area contributed by atoms with E-state index in [4.69, 9.17) is 4.74 Å². The predicted molar refractivity (Wildman–Crippen MR) is 92.1 cm³/mol. The maximum Gasteiger partial charge on any atom is 0.336 e. The fourth-order valence-electron chi connectivity index (χ4n) is 5.53. The Kier molecular flexibility index (Phi) is 4.42. The van der Waals surface area contributed by atoms with E-state index < -0.39 is 12.1 Å². The highest BCUT2D eigenvalue weighted by molar-refractivity contribution is 5.91. The van der Waals surface area contributed by atoms with Gasteiger partial charge in [-0.25, -0.2) is 4.79 Å². The number of carbonyl (C=O) groups is 1. The van der Waals surface area contributed by atoms with Gasteiger partial charge in [-0.3, -0.25) is 0 Å². The van der Waals surface area contributed by atoms with Crippen LogP contribution in [0.15, 0.2) is 23.8 Å². The van der Waals surface area contributed by atoms with Crippen LogP contribution in [0.25, 0.3) is 0 Å². The molecule has 134 valence electrons. The molecule has 0 spiro atoms. The molecular formula is C20H30O4. The van der Waals surface area contributed by atoms with Crippen LogP contribution in [-0.2, 0) is 9.53 Å². The average molecular weight is 334 g/mol. The molecule has 2 saturated carbocycles. The third kappa shape index (κ3) is 2.64. The summed E-state index contributed by atoms with van der Waals surface area (Å²) < 4.78 is 4.91. The summed E-state index contributed by atoms with van der Waals surface area (Å²) >= 11 is 0. The number of rotatable bonds is 2. The van der Waals surface area contributed by atoms with Crippen molar-refractivity contribution in [3.63, 3.8) is 0 Å². The van der Waals surface area contributed by atoms with Gasteiger partial charge in [0, 0.05) is 0 Å². The molecule has 1 aliphatic heterocycles. The van der Waals surface area contributed by atoms with Crippen LogP contribution in [0.3, 0.4) is 0 Å². The second kappa shape index (κ2) is 5.99. The molecule has 4 heteroatoms. The van der Waals surface area contributed by atoms with E-state index in [-0.39, 0.29) is 29.5 Å². The quantitative estimate of drug-likeness (QED) is 0.463. The maximum absolute atomic E-state index is 11.7. The Morgan fingerprint density at radius 2 is 2.00 bits per heavy atom. The lowest BCUT2D eigenvalue weighted by atomic mass is 9.46. The molecule has 24 heavy (non-hydrogen) atoms. The summed E-state index contributed by atoms with van der Waals surface area (Å²) in [7, 11) is 0. The largest absolute Gasteiger partial charge is 0.459 e. The highest BCUT2D eigenvalue weighted by Gasteiger charge is 2.55. The topological polar surface area (TPSA) is 66.8 Å². The fraction of sp³-hybridized carbons (Fsp3) is 0.750. The number of aliphatic hydroxyl groups excluding tert-OH is 2. The number of hydrogen-bond acceptors (Lipinski definition) is 4. The van der Waals surface area contributed by atoms with Gasteiger partial charge in [0.2, 0.25) is 0 Å². The second-order valence-electron chi connectivity index (χ2n) is 8.69. The minimum absolute atomic E-state index is 0.0649. The summed E-state index contributed by atoms with van der Waals surface area (Å²) in [5.41, 5.74) is 1.59. The van der Waals surface area contributed by atoms with Crippen molar-refractivity contribution in [3.8, 4) is 0 Å². The van der Waals surface area contributed by atoms with E-state index in [9.17, 15) is 15.0 Å². The van der Waals surface area contributed by atoms with Gasteiger partial charge in [0.25, 0.3) is 0 Å². The minimum atomic E-state index is -0.803. The van der Waals surface area contributed by atoms with Crippen molar-refractivity contribution >= 4 is 5.97 Å². The zero-order valence-corrected chi connectivity index (χ0v) is 15.0. The third-order valence-electron chi connectivity index (χ3n) is 7.09. The van der Waals surface area contributed by atoms with Crippen molar-refractivity contribution in [1.82, 2.24) is 0 Å². The Morgan fingerprint density at radius 3 is 2.62 bits per heavy atom. The molecular weight excluding hydrogens is 304 g/mol. The van der Waals surface area contributed by atoms with Crippen LogP contribution in [0.5, 0.6) is 0 Å². The van der Waals surface area contributed by atoms with Crippen LogP contribution in [0, 0.1) is 22.7 Å². The van der Waals surface area contributed by atoms with E-state index >= 15 is 0 Å². The zero-order valence-electron chi connectivity index (χ0n) is 15.0. The summed E-state index contributed by atoms with van der Waals surface area (Å²) in [4.78, 5) is 11.7. The number of allylic oxidation sites excluding steroid dienone is 2. The molecule has 5 atom stereocenters. The van der Waals surface area contributed by atoms with Gasteiger partial charge in [-0.2, -0.15) is 0 Å². The molecule has 2 aliphatic carbocycles. The number of cyclic esters (lactones) is 1. The maximum atomic E-state index is 11.7. The first-order valence-corrected chi connectivity index (χ1v) is 9.09. The Bertz CT molecular complexity index is 576. The number of esters is 1. The fourth-order valence-corrected chi connectivity index (χ4v) is 5.53. The second-order valence-corrected chi connectivity index (χ2v) is 8.69. The molecule has 0 aromatic carbocycles. The molecule has 3 rings (SSSR count).